The van der Waals surface area contributed by atoms with Gasteiger partial charge in [-0.25, -0.2) is 0 Å². The van der Waals surface area contributed by atoms with E-state index in [9.17, 15) is 12.3 Å². The highest BCUT2D eigenvalue weighted by molar-refractivity contribution is 9.10. The average Bonchev–Trinajstić information content (AvgIpc) is 2.02. The first kappa shape index (κ1) is 10.5. The second kappa shape index (κ2) is 3.63. The molecular formula is C7H6BrFO3S. The summed E-state index contributed by atoms with van der Waals surface area (Å²) in [5.74, 6) is -0.0231. The second-order valence-corrected chi connectivity index (χ2v) is 4.38. The maximum absolute atomic E-state index is 12.6. The van der Waals surface area contributed by atoms with Gasteiger partial charge in [-0.05, 0) is 28.1 Å². The van der Waals surface area contributed by atoms with E-state index in [0.717, 1.165) is 6.07 Å². The van der Waals surface area contributed by atoms with E-state index in [1.807, 2.05) is 0 Å². The normalized spacial score (nSPS) is 11.3. The quantitative estimate of drug-likeness (QED) is 0.772. The van der Waals surface area contributed by atoms with Crippen LogP contribution in [-0.2, 0) is 10.2 Å². The summed E-state index contributed by atoms with van der Waals surface area (Å²) in [4.78, 5) is -0.468. The van der Waals surface area contributed by atoms with Crippen molar-refractivity contribution in [3.63, 3.8) is 0 Å². The van der Waals surface area contributed by atoms with Gasteiger partial charge >= 0.3 is 10.2 Å². The molecule has 0 aromatic heterocycles. The van der Waals surface area contributed by atoms with Crippen molar-refractivity contribution in [2.24, 2.45) is 0 Å². The lowest BCUT2D eigenvalue weighted by Crippen LogP contribution is -1.97. The molecule has 0 heterocycles. The Hall–Kier alpha value is -0.620. The Morgan fingerprint density at radius 2 is 2.08 bits per heavy atom. The highest BCUT2D eigenvalue weighted by Crippen LogP contribution is 2.32. The van der Waals surface area contributed by atoms with Crippen molar-refractivity contribution in [1.82, 2.24) is 0 Å². The third-order valence-corrected chi connectivity index (χ3v) is 2.87. The lowest BCUT2D eigenvalue weighted by molar-refractivity contribution is 0.398. The first-order valence-corrected chi connectivity index (χ1v) is 5.41. The van der Waals surface area contributed by atoms with Crippen molar-refractivity contribution in [2.45, 2.75) is 4.90 Å². The SMILES string of the molecule is COc1c(Br)cccc1S(=O)(=O)F. The minimum Gasteiger partial charge on any atom is -0.494 e. The van der Waals surface area contributed by atoms with Gasteiger partial charge in [0.2, 0.25) is 0 Å². The van der Waals surface area contributed by atoms with Gasteiger partial charge in [0.1, 0.15) is 4.90 Å². The van der Waals surface area contributed by atoms with Gasteiger partial charge in [0.05, 0.1) is 11.6 Å². The van der Waals surface area contributed by atoms with Crippen molar-refractivity contribution in [2.75, 3.05) is 7.11 Å². The Labute approximate surface area is 83.9 Å². The van der Waals surface area contributed by atoms with Gasteiger partial charge in [0.15, 0.2) is 5.75 Å². The number of halogens is 2. The Kier molecular flexibility index (Phi) is 2.92. The minimum absolute atomic E-state index is 0.0231. The zero-order valence-corrected chi connectivity index (χ0v) is 9.02. The van der Waals surface area contributed by atoms with E-state index in [2.05, 4.69) is 15.9 Å². The van der Waals surface area contributed by atoms with Crippen LogP contribution in [0.25, 0.3) is 0 Å². The summed E-state index contributed by atoms with van der Waals surface area (Å²) in [5, 5.41) is 0. The molecule has 0 saturated heterocycles. The van der Waals surface area contributed by atoms with Gasteiger partial charge in [-0.15, -0.1) is 3.89 Å². The van der Waals surface area contributed by atoms with Crippen LogP contribution in [0.15, 0.2) is 27.6 Å². The Balaban J connectivity index is 3.47. The fourth-order valence-electron chi connectivity index (χ4n) is 0.879. The topological polar surface area (TPSA) is 43.4 Å². The number of hydrogen-bond donors (Lipinski definition) is 0. The molecule has 0 aliphatic carbocycles. The highest BCUT2D eigenvalue weighted by Gasteiger charge is 2.19. The van der Waals surface area contributed by atoms with Crippen LogP contribution in [0.3, 0.4) is 0 Å². The first-order chi connectivity index (χ1) is 5.96. The van der Waals surface area contributed by atoms with Crippen LogP contribution in [-0.4, -0.2) is 15.5 Å². The predicted octanol–water partition coefficient (Wildman–Crippen LogP) is 2.12. The van der Waals surface area contributed by atoms with Gasteiger partial charge in [0, 0.05) is 0 Å². The molecule has 0 radical (unpaired) electrons. The molecule has 1 aromatic carbocycles. The second-order valence-electron chi connectivity index (χ2n) is 2.21. The summed E-state index contributed by atoms with van der Waals surface area (Å²) in [5.41, 5.74) is 0. The fraction of sp³-hybridized carbons (Fsp3) is 0.143. The van der Waals surface area contributed by atoms with Crippen LogP contribution < -0.4 is 4.74 Å². The van der Waals surface area contributed by atoms with E-state index < -0.39 is 15.1 Å². The predicted molar refractivity (Wildman–Crippen MR) is 49.0 cm³/mol. The van der Waals surface area contributed by atoms with Crippen LogP contribution >= 0.6 is 15.9 Å². The summed E-state index contributed by atoms with van der Waals surface area (Å²) in [7, 11) is -3.45. The van der Waals surface area contributed by atoms with E-state index >= 15 is 0 Å². The zero-order chi connectivity index (χ0) is 10.1. The summed E-state index contributed by atoms with van der Waals surface area (Å²) >= 11 is 3.04. The third-order valence-electron chi connectivity index (χ3n) is 1.40. The molecule has 0 amide bonds. The van der Waals surface area contributed by atoms with Gasteiger partial charge in [0.25, 0.3) is 0 Å². The van der Waals surface area contributed by atoms with E-state index in [4.69, 9.17) is 4.74 Å². The van der Waals surface area contributed by atoms with Gasteiger partial charge in [-0.2, -0.15) is 8.42 Å². The largest absolute Gasteiger partial charge is 0.494 e. The summed E-state index contributed by atoms with van der Waals surface area (Å²) in [6.45, 7) is 0. The molecule has 0 unspecified atom stereocenters. The van der Waals surface area contributed by atoms with Crippen LogP contribution in [0, 0.1) is 0 Å². The van der Waals surface area contributed by atoms with E-state index in [0.29, 0.717) is 4.47 Å². The Morgan fingerprint density at radius 1 is 1.46 bits per heavy atom. The van der Waals surface area contributed by atoms with Crippen LogP contribution in [0.2, 0.25) is 0 Å². The molecule has 13 heavy (non-hydrogen) atoms. The number of para-hydroxylation sites is 1. The average molecular weight is 269 g/mol. The van der Waals surface area contributed by atoms with Crippen molar-refractivity contribution in [3.05, 3.63) is 22.7 Å². The first-order valence-electron chi connectivity index (χ1n) is 3.24. The van der Waals surface area contributed by atoms with E-state index in [1.165, 1.54) is 13.2 Å². The molecule has 1 aromatic rings. The third kappa shape index (κ3) is 2.19. The van der Waals surface area contributed by atoms with Crippen LogP contribution in [0.4, 0.5) is 3.89 Å². The molecule has 6 heteroatoms. The number of rotatable bonds is 2. The molecular weight excluding hydrogens is 263 g/mol. The molecule has 0 aliphatic heterocycles. The summed E-state index contributed by atoms with van der Waals surface area (Å²) in [6.07, 6.45) is 0. The van der Waals surface area contributed by atoms with Gasteiger partial charge in [-0.1, -0.05) is 6.07 Å². The molecule has 1 rings (SSSR count). The smallest absolute Gasteiger partial charge is 0.335 e. The molecule has 0 fully saturated rings. The van der Waals surface area contributed by atoms with Crippen molar-refractivity contribution in [1.29, 1.82) is 0 Å². The minimum atomic E-state index is -4.72. The molecule has 0 spiro atoms. The summed E-state index contributed by atoms with van der Waals surface area (Å²) < 4.78 is 38.9. The molecule has 0 bridgehead atoms. The molecule has 3 nitrogen and oxygen atoms in total. The van der Waals surface area contributed by atoms with Crippen molar-refractivity contribution >= 4 is 26.2 Å². The van der Waals surface area contributed by atoms with Crippen molar-refractivity contribution in [3.8, 4) is 5.75 Å². The molecule has 0 aliphatic rings. The van der Waals surface area contributed by atoms with Gasteiger partial charge in [-0.3, -0.25) is 0 Å². The monoisotopic (exact) mass is 268 g/mol. The lowest BCUT2D eigenvalue weighted by atomic mass is 10.3. The molecule has 0 N–H and O–H groups in total. The number of ether oxygens (including phenoxy) is 1. The van der Waals surface area contributed by atoms with Crippen LogP contribution in [0.1, 0.15) is 0 Å². The Bertz CT molecular complexity index is 416. The molecule has 0 atom stereocenters. The lowest BCUT2D eigenvalue weighted by Gasteiger charge is -2.05. The number of benzene rings is 1. The van der Waals surface area contributed by atoms with E-state index in [1.54, 1.807) is 6.07 Å². The molecule has 72 valence electrons. The Morgan fingerprint density at radius 3 is 2.46 bits per heavy atom. The van der Waals surface area contributed by atoms with Crippen LogP contribution in [0.5, 0.6) is 5.75 Å². The van der Waals surface area contributed by atoms with E-state index in [-0.39, 0.29) is 5.75 Å². The maximum Gasteiger partial charge on any atom is 0.335 e. The summed E-state index contributed by atoms with van der Waals surface area (Å²) in [6, 6.07) is 4.12. The highest BCUT2D eigenvalue weighted by atomic mass is 79.9. The molecule has 0 saturated carbocycles. The number of methoxy groups -OCH3 is 1. The van der Waals surface area contributed by atoms with Gasteiger partial charge < -0.3 is 4.74 Å². The fourth-order valence-corrected chi connectivity index (χ4v) is 2.19. The maximum atomic E-state index is 12.6. The standard InChI is InChI=1S/C7H6BrFO3S/c1-12-7-5(8)3-2-4-6(7)13(9,10)11/h2-4H,1H3. The number of hydrogen-bond acceptors (Lipinski definition) is 3. The van der Waals surface area contributed by atoms with Crippen molar-refractivity contribution < 1.29 is 17.0 Å². The zero-order valence-electron chi connectivity index (χ0n) is 6.62.